The highest BCUT2D eigenvalue weighted by Gasteiger charge is 2.09. The maximum absolute atomic E-state index is 12.3. The third kappa shape index (κ3) is 7.06. The minimum atomic E-state index is -0.235. The van der Waals surface area contributed by atoms with E-state index in [4.69, 9.17) is 0 Å². The SMILES string of the molecule is CCCCN(CC)c1ccc(C(=O)NCC(=O)NCCc2ccccc2)cc1. The van der Waals surface area contributed by atoms with Crippen molar-refractivity contribution in [3.63, 3.8) is 0 Å². The van der Waals surface area contributed by atoms with E-state index in [1.54, 1.807) is 0 Å². The maximum atomic E-state index is 12.3. The van der Waals surface area contributed by atoms with E-state index in [1.165, 1.54) is 5.56 Å². The molecule has 5 nitrogen and oxygen atoms in total. The normalized spacial score (nSPS) is 10.4. The fraction of sp³-hybridized carbons (Fsp3) is 0.391. The van der Waals surface area contributed by atoms with Gasteiger partial charge in [-0.3, -0.25) is 9.59 Å². The Labute approximate surface area is 168 Å². The molecule has 2 aromatic carbocycles. The molecule has 0 heterocycles. The average molecular weight is 382 g/mol. The molecule has 28 heavy (non-hydrogen) atoms. The summed E-state index contributed by atoms with van der Waals surface area (Å²) in [4.78, 5) is 26.5. The van der Waals surface area contributed by atoms with Gasteiger partial charge in [-0.05, 0) is 49.6 Å². The van der Waals surface area contributed by atoms with Gasteiger partial charge in [0.2, 0.25) is 5.91 Å². The van der Waals surface area contributed by atoms with Crippen LogP contribution in [0.2, 0.25) is 0 Å². The van der Waals surface area contributed by atoms with Gasteiger partial charge in [-0.1, -0.05) is 43.7 Å². The van der Waals surface area contributed by atoms with Crippen LogP contribution in [0.25, 0.3) is 0 Å². The smallest absolute Gasteiger partial charge is 0.251 e. The van der Waals surface area contributed by atoms with Crippen LogP contribution >= 0.6 is 0 Å². The predicted octanol–water partition coefficient (Wildman–Crippen LogP) is 3.40. The Kier molecular flexibility index (Phi) is 9.05. The van der Waals surface area contributed by atoms with Crippen LogP contribution in [0.15, 0.2) is 54.6 Å². The highest BCUT2D eigenvalue weighted by atomic mass is 16.2. The number of nitrogens with zero attached hydrogens (tertiary/aromatic N) is 1. The molecule has 0 spiro atoms. The highest BCUT2D eigenvalue weighted by Crippen LogP contribution is 2.16. The zero-order valence-corrected chi connectivity index (χ0v) is 16.9. The van der Waals surface area contributed by atoms with Crippen molar-refractivity contribution in [1.82, 2.24) is 10.6 Å². The Hall–Kier alpha value is -2.82. The lowest BCUT2D eigenvalue weighted by Crippen LogP contribution is -2.37. The number of hydrogen-bond acceptors (Lipinski definition) is 3. The van der Waals surface area contributed by atoms with E-state index in [1.807, 2.05) is 54.6 Å². The molecular formula is C23H31N3O2. The van der Waals surface area contributed by atoms with Gasteiger partial charge in [0.15, 0.2) is 0 Å². The molecule has 0 saturated heterocycles. The van der Waals surface area contributed by atoms with Gasteiger partial charge in [0, 0.05) is 30.9 Å². The summed E-state index contributed by atoms with van der Waals surface area (Å²) in [5.41, 5.74) is 2.85. The summed E-state index contributed by atoms with van der Waals surface area (Å²) in [6.45, 7) is 6.80. The van der Waals surface area contributed by atoms with Crippen molar-refractivity contribution in [1.29, 1.82) is 0 Å². The number of hydrogen-bond donors (Lipinski definition) is 2. The average Bonchev–Trinajstić information content (AvgIpc) is 2.74. The van der Waals surface area contributed by atoms with Crippen LogP contribution in [0, 0.1) is 0 Å². The number of unbranched alkanes of at least 4 members (excludes halogenated alkanes) is 1. The first-order valence-corrected chi connectivity index (χ1v) is 10.1. The summed E-state index contributed by atoms with van der Waals surface area (Å²) >= 11 is 0. The van der Waals surface area contributed by atoms with Crippen molar-refractivity contribution in [2.45, 2.75) is 33.1 Å². The van der Waals surface area contributed by atoms with Gasteiger partial charge in [0.1, 0.15) is 0 Å². The minimum absolute atomic E-state index is 0.0209. The minimum Gasteiger partial charge on any atom is -0.372 e. The van der Waals surface area contributed by atoms with Crippen molar-refractivity contribution in [2.75, 3.05) is 31.1 Å². The summed E-state index contributed by atoms with van der Waals surface area (Å²) in [6.07, 6.45) is 3.08. The molecule has 5 heteroatoms. The largest absolute Gasteiger partial charge is 0.372 e. The number of amides is 2. The lowest BCUT2D eigenvalue weighted by atomic mass is 10.1. The molecule has 0 aliphatic carbocycles. The molecule has 2 amide bonds. The summed E-state index contributed by atoms with van der Waals surface area (Å²) in [7, 11) is 0. The molecule has 0 unspecified atom stereocenters. The van der Waals surface area contributed by atoms with Crippen molar-refractivity contribution < 1.29 is 9.59 Å². The summed E-state index contributed by atoms with van der Waals surface area (Å²) in [5, 5.41) is 5.51. The predicted molar refractivity (Wildman–Crippen MR) is 115 cm³/mol. The Morgan fingerprint density at radius 3 is 2.29 bits per heavy atom. The van der Waals surface area contributed by atoms with Crippen LogP contribution in [-0.2, 0) is 11.2 Å². The second-order valence-corrected chi connectivity index (χ2v) is 6.75. The Bertz CT molecular complexity index is 729. The maximum Gasteiger partial charge on any atom is 0.251 e. The first-order chi connectivity index (χ1) is 13.6. The van der Waals surface area contributed by atoms with Crippen molar-refractivity contribution in [3.8, 4) is 0 Å². The number of anilines is 1. The lowest BCUT2D eigenvalue weighted by Gasteiger charge is -2.23. The van der Waals surface area contributed by atoms with Crippen LogP contribution in [0.3, 0.4) is 0 Å². The van der Waals surface area contributed by atoms with Gasteiger partial charge in [0.05, 0.1) is 6.54 Å². The second kappa shape index (κ2) is 11.8. The van der Waals surface area contributed by atoms with Gasteiger partial charge >= 0.3 is 0 Å². The first-order valence-electron chi connectivity index (χ1n) is 10.1. The number of rotatable bonds is 11. The van der Waals surface area contributed by atoms with Gasteiger partial charge < -0.3 is 15.5 Å². The fourth-order valence-electron chi connectivity index (χ4n) is 2.96. The topological polar surface area (TPSA) is 61.4 Å². The van der Waals surface area contributed by atoms with Crippen LogP contribution < -0.4 is 15.5 Å². The lowest BCUT2D eigenvalue weighted by molar-refractivity contribution is -0.120. The van der Waals surface area contributed by atoms with Crippen molar-refractivity contribution in [2.24, 2.45) is 0 Å². The number of nitrogens with one attached hydrogen (secondary N) is 2. The van der Waals surface area contributed by atoms with E-state index >= 15 is 0 Å². The Morgan fingerprint density at radius 1 is 0.929 bits per heavy atom. The zero-order chi connectivity index (χ0) is 20.2. The van der Waals surface area contributed by atoms with E-state index in [9.17, 15) is 9.59 Å². The summed E-state index contributed by atoms with van der Waals surface area (Å²) < 4.78 is 0. The van der Waals surface area contributed by atoms with Gasteiger partial charge in [-0.25, -0.2) is 0 Å². The Morgan fingerprint density at radius 2 is 1.64 bits per heavy atom. The monoisotopic (exact) mass is 381 g/mol. The quantitative estimate of drug-likeness (QED) is 0.627. The third-order valence-electron chi connectivity index (χ3n) is 4.65. The van der Waals surface area contributed by atoms with E-state index in [2.05, 4.69) is 29.4 Å². The fourth-order valence-corrected chi connectivity index (χ4v) is 2.96. The molecule has 0 fully saturated rings. The molecule has 0 aliphatic heterocycles. The van der Waals surface area contributed by atoms with Crippen LogP contribution in [0.1, 0.15) is 42.6 Å². The molecule has 0 aliphatic rings. The standard InChI is InChI=1S/C23H31N3O2/c1-3-5-17-26(4-2)21-13-11-20(12-14-21)23(28)25-18-22(27)24-16-15-19-9-7-6-8-10-19/h6-14H,3-5,15-18H2,1-2H3,(H,24,27)(H,25,28). The first kappa shape index (κ1) is 21.5. The highest BCUT2D eigenvalue weighted by molar-refractivity contribution is 5.96. The molecule has 0 saturated carbocycles. The van der Waals surface area contributed by atoms with Crippen LogP contribution in [0.4, 0.5) is 5.69 Å². The molecule has 0 atom stereocenters. The summed E-state index contributed by atoms with van der Waals surface area (Å²) in [5.74, 6) is -0.418. The molecule has 0 aromatic heterocycles. The number of carbonyl (C=O) groups is 2. The number of carbonyl (C=O) groups excluding carboxylic acids is 2. The summed E-state index contributed by atoms with van der Waals surface area (Å²) in [6, 6.07) is 17.5. The number of benzene rings is 2. The molecule has 0 radical (unpaired) electrons. The second-order valence-electron chi connectivity index (χ2n) is 6.75. The van der Waals surface area contributed by atoms with Crippen LogP contribution in [0.5, 0.6) is 0 Å². The Balaban J connectivity index is 1.75. The van der Waals surface area contributed by atoms with E-state index in [-0.39, 0.29) is 18.4 Å². The molecule has 0 bridgehead atoms. The van der Waals surface area contributed by atoms with Crippen LogP contribution in [-0.4, -0.2) is 38.0 Å². The molecular weight excluding hydrogens is 350 g/mol. The molecule has 2 N–H and O–H groups in total. The van der Waals surface area contributed by atoms with E-state index in [0.717, 1.165) is 38.0 Å². The van der Waals surface area contributed by atoms with Gasteiger partial charge in [-0.15, -0.1) is 0 Å². The van der Waals surface area contributed by atoms with Gasteiger partial charge in [0.25, 0.3) is 5.91 Å². The van der Waals surface area contributed by atoms with Gasteiger partial charge in [-0.2, -0.15) is 0 Å². The molecule has 2 aromatic rings. The van der Waals surface area contributed by atoms with Crippen molar-refractivity contribution >= 4 is 17.5 Å². The zero-order valence-electron chi connectivity index (χ0n) is 16.9. The molecule has 150 valence electrons. The van der Waals surface area contributed by atoms with E-state index in [0.29, 0.717) is 12.1 Å². The third-order valence-corrected chi connectivity index (χ3v) is 4.65. The van der Waals surface area contributed by atoms with Crippen molar-refractivity contribution in [3.05, 3.63) is 65.7 Å². The molecule has 2 rings (SSSR count). The van der Waals surface area contributed by atoms with E-state index < -0.39 is 0 Å².